The topological polar surface area (TPSA) is 70.9 Å². The van der Waals surface area contributed by atoms with Crippen molar-refractivity contribution in [1.29, 1.82) is 0 Å². The monoisotopic (exact) mass is 257 g/mol. The van der Waals surface area contributed by atoms with E-state index < -0.39 is 0 Å². The second kappa shape index (κ2) is 4.19. The van der Waals surface area contributed by atoms with Crippen LogP contribution in [0, 0.1) is 0 Å². The number of H-pyrrole nitrogens is 1. The molecule has 0 radical (unpaired) electrons. The zero-order chi connectivity index (χ0) is 12.5. The Morgan fingerprint density at radius 3 is 2.83 bits per heavy atom. The molecule has 1 heterocycles. The Kier molecular flexibility index (Phi) is 2.53. The quantitative estimate of drug-likeness (QED) is 0.618. The van der Waals surface area contributed by atoms with Crippen molar-refractivity contribution in [3.8, 4) is 0 Å². The van der Waals surface area contributed by atoms with Gasteiger partial charge in [0, 0.05) is 5.69 Å². The Labute approximate surface area is 107 Å². The standard InChI is InChI=1S/C13H11N3OS/c14-9-3-1-2-4-10(9)15-8-5-6-11-12(7-8)18-13(17)16-11/h1-7,15H,14H2,(H,16,17). The van der Waals surface area contributed by atoms with Crippen LogP contribution in [0.3, 0.4) is 0 Å². The minimum Gasteiger partial charge on any atom is -0.397 e. The number of nitrogens with two attached hydrogens (primary N) is 1. The summed E-state index contributed by atoms with van der Waals surface area (Å²) in [6.07, 6.45) is 0. The number of rotatable bonds is 2. The summed E-state index contributed by atoms with van der Waals surface area (Å²) in [5, 5.41) is 3.24. The van der Waals surface area contributed by atoms with Crippen molar-refractivity contribution in [2.45, 2.75) is 0 Å². The van der Waals surface area contributed by atoms with E-state index in [2.05, 4.69) is 10.3 Å². The summed E-state index contributed by atoms with van der Waals surface area (Å²) in [4.78, 5) is 14.0. The number of hydrogen-bond acceptors (Lipinski definition) is 4. The van der Waals surface area contributed by atoms with Gasteiger partial charge in [-0.05, 0) is 30.3 Å². The summed E-state index contributed by atoms with van der Waals surface area (Å²) in [5.41, 5.74) is 9.19. The van der Waals surface area contributed by atoms with E-state index in [0.717, 1.165) is 21.6 Å². The van der Waals surface area contributed by atoms with E-state index in [1.807, 2.05) is 42.5 Å². The molecule has 4 N–H and O–H groups in total. The van der Waals surface area contributed by atoms with Gasteiger partial charge in [-0.3, -0.25) is 4.79 Å². The van der Waals surface area contributed by atoms with E-state index in [1.165, 1.54) is 11.3 Å². The number of anilines is 3. The molecule has 1 aromatic heterocycles. The van der Waals surface area contributed by atoms with Crippen molar-refractivity contribution >= 4 is 38.6 Å². The molecule has 0 aliphatic rings. The molecule has 0 amide bonds. The predicted molar refractivity (Wildman–Crippen MR) is 76.6 cm³/mol. The summed E-state index contributed by atoms with van der Waals surface area (Å²) >= 11 is 1.20. The van der Waals surface area contributed by atoms with Gasteiger partial charge in [-0.25, -0.2) is 0 Å². The summed E-state index contributed by atoms with van der Waals surface area (Å²) < 4.78 is 0.930. The fraction of sp³-hybridized carbons (Fsp3) is 0. The first-order valence-electron chi connectivity index (χ1n) is 5.47. The molecule has 0 aliphatic carbocycles. The summed E-state index contributed by atoms with van der Waals surface area (Å²) in [6.45, 7) is 0. The molecule has 4 nitrogen and oxygen atoms in total. The van der Waals surface area contributed by atoms with Crippen LogP contribution in [0.5, 0.6) is 0 Å². The molecule has 0 atom stereocenters. The van der Waals surface area contributed by atoms with Crippen molar-refractivity contribution < 1.29 is 0 Å². The lowest BCUT2D eigenvalue weighted by Crippen LogP contribution is -1.95. The lowest BCUT2D eigenvalue weighted by Gasteiger charge is -2.08. The average Bonchev–Trinajstić information content (AvgIpc) is 2.71. The van der Waals surface area contributed by atoms with Crippen LogP contribution in [-0.2, 0) is 0 Å². The third-order valence-electron chi connectivity index (χ3n) is 2.66. The fourth-order valence-corrected chi connectivity index (χ4v) is 2.57. The highest BCUT2D eigenvalue weighted by Gasteiger charge is 2.02. The maximum Gasteiger partial charge on any atom is 0.305 e. The van der Waals surface area contributed by atoms with Gasteiger partial charge < -0.3 is 16.0 Å². The maximum absolute atomic E-state index is 11.2. The Balaban J connectivity index is 2.00. The molecule has 3 rings (SSSR count). The number of hydrogen-bond donors (Lipinski definition) is 3. The number of thiazole rings is 1. The van der Waals surface area contributed by atoms with Gasteiger partial charge in [0.05, 0.1) is 21.6 Å². The van der Waals surface area contributed by atoms with Crippen LogP contribution in [0.25, 0.3) is 10.2 Å². The first-order chi connectivity index (χ1) is 8.72. The molecule has 0 spiro atoms. The number of para-hydroxylation sites is 2. The summed E-state index contributed by atoms with van der Waals surface area (Å²) in [7, 11) is 0. The molecule has 0 saturated carbocycles. The minimum atomic E-state index is -0.0404. The van der Waals surface area contributed by atoms with E-state index in [9.17, 15) is 4.79 Å². The highest BCUT2D eigenvalue weighted by molar-refractivity contribution is 7.16. The molecular formula is C13H11N3OS. The summed E-state index contributed by atoms with van der Waals surface area (Å²) in [5.74, 6) is 0. The molecule has 3 aromatic rings. The molecule has 0 fully saturated rings. The van der Waals surface area contributed by atoms with E-state index in [-0.39, 0.29) is 4.87 Å². The number of aromatic amines is 1. The van der Waals surface area contributed by atoms with Gasteiger partial charge >= 0.3 is 4.87 Å². The van der Waals surface area contributed by atoms with E-state index in [0.29, 0.717) is 5.69 Å². The number of nitrogen functional groups attached to an aromatic ring is 1. The van der Waals surface area contributed by atoms with Gasteiger partial charge in [-0.15, -0.1) is 0 Å². The number of aromatic nitrogens is 1. The molecule has 0 unspecified atom stereocenters. The third kappa shape index (κ3) is 1.96. The Morgan fingerprint density at radius 1 is 1.17 bits per heavy atom. The second-order valence-corrected chi connectivity index (χ2v) is 4.95. The lowest BCUT2D eigenvalue weighted by atomic mass is 10.2. The zero-order valence-corrected chi connectivity index (χ0v) is 10.3. The Morgan fingerprint density at radius 2 is 2.00 bits per heavy atom. The molecule has 0 saturated heterocycles. The van der Waals surface area contributed by atoms with Crippen LogP contribution >= 0.6 is 11.3 Å². The fourth-order valence-electron chi connectivity index (χ4n) is 1.79. The van der Waals surface area contributed by atoms with Crippen LogP contribution < -0.4 is 15.9 Å². The van der Waals surface area contributed by atoms with E-state index >= 15 is 0 Å². The van der Waals surface area contributed by atoms with Crippen LogP contribution in [0.1, 0.15) is 0 Å². The van der Waals surface area contributed by atoms with Gasteiger partial charge in [0.25, 0.3) is 0 Å². The van der Waals surface area contributed by atoms with Crippen LogP contribution in [0.4, 0.5) is 17.1 Å². The van der Waals surface area contributed by atoms with Gasteiger partial charge in [0.1, 0.15) is 0 Å². The number of nitrogens with one attached hydrogen (secondary N) is 2. The lowest BCUT2D eigenvalue weighted by molar-refractivity contribution is 1.41. The highest BCUT2D eigenvalue weighted by atomic mass is 32.1. The normalized spacial score (nSPS) is 10.7. The SMILES string of the molecule is Nc1ccccc1Nc1ccc2[nH]c(=O)sc2c1. The third-order valence-corrected chi connectivity index (χ3v) is 3.51. The van der Waals surface area contributed by atoms with Crippen molar-refractivity contribution in [2.24, 2.45) is 0 Å². The van der Waals surface area contributed by atoms with Crippen LogP contribution in [0.15, 0.2) is 47.3 Å². The van der Waals surface area contributed by atoms with Crippen molar-refractivity contribution in [3.63, 3.8) is 0 Å². The molecule has 5 heteroatoms. The first kappa shape index (κ1) is 10.9. The van der Waals surface area contributed by atoms with E-state index in [1.54, 1.807) is 0 Å². The van der Waals surface area contributed by atoms with Crippen molar-refractivity contribution in [1.82, 2.24) is 4.98 Å². The largest absolute Gasteiger partial charge is 0.397 e. The van der Waals surface area contributed by atoms with Gasteiger partial charge in [0.15, 0.2) is 0 Å². The smallest absolute Gasteiger partial charge is 0.305 e. The number of fused-ring (bicyclic) bond motifs is 1. The molecule has 18 heavy (non-hydrogen) atoms. The Hall–Kier alpha value is -2.27. The molecule has 90 valence electrons. The highest BCUT2D eigenvalue weighted by Crippen LogP contribution is 2.25. The van der Waals surface area contributed by atoms with Gasteiger partial charge in [-0.1, -0.05) is 23.5 Å². The molecule has 2 aromatic carbocycles. The minimum absolute atomic E-state index is 0.0404. The number of benzene rings is 2. The van der Waals surface area contributed by atoms with Crippen molar-refractivity contribution in [2.75, 3.05) is 11.1 Å². The maximum atomic E-state index is 11.2. The molecular weight excluding hydrogens is 246 g/mol. The Bertz CT molecular complexity index is 760. The van der Waals surface area contributed by atoms with Gasteiger partial charge in [0.2, 0.25) is 0 Å². The molecule has 0 aliphatic heterocycles. The average molecular weight is 257 g/mol. The van der Waals surface area contributed by atoms with Crippen LogP contribution in [0.2, 0.25) is 0 Å². The zero-order valence-electron chi connectivity index (χ0n) is 9.44. The molecule has 0 bridgehead atoms. The van der Waals surface area contributed by atoms with Crippen LogP contribution in [-0.4, -0.2) is 4.98 Å². The second-order valence-electron chi connectivity index (χ2n) is 3.94. The van der Waals surface area contributed by atoms with E-state index in [4.69, 9.17) is 5.73 Å². The predicted octanol–water partition coefficient (Wildman–Crippen LogP) is 2.92. The van der Waals surface area contributed by atoms with Gasteiger partial charge in [-0.2, -0.15) is 0 Å². The first-order valence-corrected chi connectivity index (χ1v) is 6.28. The summed E-state index contributed by atoms with van der Waals surface area (Å²) in [6, 6.07) is 13.3. The van der Waals surface area contributed by atoms with Crippen molar-refractivity contribution in [3.05, 3.63) is 52.1 Å².